The van der Waals surface area contributed by atoms with E-state index in [0.717, 1.165) is 16.7 Å². The maximum atomic E-state index is 13.4. The summed E-state index contributed by atoms with van der Waals surface area (Å²) in [7, 11) is 1.89. The summed E-state index contributed by atoms with van der Waals surface area (Å²) < 4.78 is 13.4. The van der Waals surface area contributed by atoms with Crippen molar-refractivity contribution in [3.05, 3.63) is 69.5 Å². The molecule has 0 aliphatic carbocycles. The second-order valence-corrected chi connectivity index (χ2v) is 5.17. The molecule has 0 saturated carbocycles. The van der Waals surface area contributed by atoms with Crippen LogP contribution in [0.25, 0.3) is 0 Å². The Morgan fingerprint density at radius 1 is 1.05 bits per heavy atom. The maximum absolute atomic E-state index is 13.4. The van der Waals surface area contributed by atoms with Crippen molar-refractivity contribution in [2.45, 2.75) is 19.9 Å². The second-order valence-electron chi connectivity index (χ2n) is 4.73. The molecular weight excluding hydrogens is 261 g/mol. The molecule has 0 bridgehead atoms. The predicted molar refractivity (Wildman–Crippen MR) is 78.2 cm³/mol. The Morgan fingerprint density at radius 2 is 1.79 bits per heavy atom. The molecule has 100 valence electrons. The Balaban J connectivity index is 2.49. The van der Waals surface area contributed by atoms with Crippen LogP contribution in [-0.2, 0) is 0 Å². The summed E-state index contributed by atoms with van der Waals surface area (Å²) in [6, 6.07) is 11.0. The second kappa shape index (κ2) is 5.72. The fourth-order valence-corrected chi connectivity index (χ4v) is 2.45. The Bertz CT molecular complexity index is 595. The molecule has 3 heteroatoms. The van der Waals surface area contributed by atoms with E-state index in [0.29, 0.717) is 10.6 Å². The first kappa shape index (κ1) is 14.0. The van der Waals surface area contributed by atoms with Crippen LogP contribution in [0, 0.1) is 19.7 Å². The van der Waals surface area contributed by atoms with Crippen LogP contribution in [-0.4, -0.2) is 7.05 Å². The molecule has 19 heavy (non-hydrogen) atoms. The molecule has 0 radical (unpaired) electrons. The summed E-state index contributed by atoms with van der Waals surface area (Å²) in [5.41, 5.74) is 3.95. The van der Waals surface area contributed by atoms with Crippen LogP contribution < -0.4 is 5.32 Å². The molecule has 0 aromatic heterocycles. The third kappa shape index (κ3) is 2.96. The van der Waals surface area contributed by atoms with E-state index in [1.807, 2.05) is 44.3 Å². The zero-order valence-electron chi connectivity index (χ0n) is 11.3. The van der Waals surface area contributed by atoms with Crippen molar-refractivity contribution in [1.82, 2.24) is 5.32 Å². The molecule has 0 amide bonds. The van der Waals surface area contributed by atoms with Gasteiger partial charge in [0.2, 0.25) is 0 Å². The van der Waals surface area contributed by atoms with Gasteiger partial charge in [-0.1, -0.05) is 29.8 Å². The first-order valence-electron chi connectivity index (χ1n) is 6.22. The third-order valence-corrected chi connectivity index (χ3v) is 3.59. The minimum absolute atomic E-state index is 0.0120. The number of hydrogen-bond acceptors (Lipinski definition) is 1. The fraction of sp³-hybridized carbons (Fsp3) is 0.250. The summed E-state index contributed by atoms with van der Waals surface area (Å²) in [4.78, 5) is 0. The highest BCUT2D eigenvalue weighted by atomic mass is 35.5. The van der Waals surface area contributed by atoms with E-state index in [4.69, 9.17) is 11.6 Å². The van der Waals surface area contributed by atoms with E-state index in [1.54, 1.807) is 6.92 Å². The summed E-state index contributed by atoms with van der Waals surface area (Å²) in [6.45, 7) is 3.82. The summed E-state index contributed by atoms with van der Waals surface area (Å²) in [6.07, 6.45) is 0. The molecule has 0 spiro atoms. The average Bonchev–Trinajstić information content (AvgIpc) is 2.38. The van der Waals surface area contributed by atoms with Gasteiger partial charge in [-0.15, -0.1) is 0 Å². The van der Waals surface area contributed by atoms with Gasteiger partial charge >= 0.3 is 0 Å². The van der Waals surface area contributed by atoms with E-state index in [2.05, 4.69) is 5.32 Å². The molecule has 0 saturated heterocycles. The van der Waals surface area contributed by atoms with Crippen LogP contribution in [0.15, 0.2) is 36.4 Å². The molecular formula is C16H17ClFN. The van der Waals surface area contributed by atoms with Gasteiger partial charge in [-0.25, -0.2) is 4.39 Å². The van der Waals surface area contributed by atoms with Gasteiger partial charge in [-0.05, 0) is 61.3 Å². The average molecular weight is 278 g/mol. The molecule has 2 aromatic rings. The van der Waals surface area contributed by atoms with Gasteiger partial charge in [-0.3, -0.25) is 0 Å². The van der Waals surface area contributed by atoms with Crippen LogP contribution in [0.4, 0.5) is 4.39 Å². The number of hydrogen-bond donors (Lipinski definition) is 1. The molecule has 0 aliphatic rings. The van der Waals surface area contributed by atoms with Gasteiger partial charge in [0.15, 0.2) is 0 Å². The molecule has 0 aliphatic heterocycles. The summed E-state index contributed by atoms with van der Waals surface area (Å²) in [5.74, 6) is -0.179. The minimum atomic E-state index is -0.179. The smallest absolute Gasteiger partial charge is 0.126 e. The Labute approximate surface area is 118 Å². The lowest BCUT2D eigenvalue weighted by Crippen LogP contribution is -2.19. The standard InChI is InChI=1S/C16H17ClFN/c1-10-4-6-13(17)9-14(10)16(19-3)12-5-7-15(18)11(2)8-12/h4-9,16,19H,1-3H3. The van der Waals surface area contributed by atoms with Crippen LogP contribution in [0.2, 0.25) is 5.02 Å². The van der Waals surface area contributed by atoms with Crippen LogP contribution in [0.1, 0.15) is 28.3 Å². The number of benzene rings is 2. The van der Waals surface area contributed by atoms with Gasteiger partial charge in [0.1, 0.15) is 5.82 Å². The van der Waals surface area contributed by atoms with Gasteiger partial charge < -0.3 is 5.32 Å². The zero-order valence-corrected chi connectivity index (χ0v) is 12.1. The molecule has 0 heterocycles. The third-order valence-electron chi connectivity index (χ3n) is 3.36. The van der Waals surface area contributed by atoms with Gasteiger partial charge in [0.25, 0.3) is 0 Å². The SMILES string of the molecule is CNC(c1ccc(F)c(C)c1)c1cc(Cl)ccc1C. The number of nitrogens with one attached hydrogen (secondary N) is 1. The van der Waals surface area contributed by atoms with E-state index < -0.39 is 0 Å². The van der Waals surface area contributed by atoms with E-state index in [1.165, 1.54) is 6.07 Å². The quantitative estimate of drug-likeness (QED) is 0.876. The largest absolute Gasteiger partial charge is 0.309 e. The van der Waals surface area contributed by atoms with Crippen LogP contribution in [0.5, 0.6) is 0 Å². The van der Waals surface area contributed by atoms with Gasteiger partial charge in [0, 0.05) is 5.02 Å². The lowest BCUT2D eigenvalue weighted by atomic mass is 9.94. The molecule has 0 fully saturated rings. The van der Waals surface area contributed by atoms with E-state index >= 15 is 0 Å². The molecule has 1 nitrogen and oxygen atoms in total. The predicted octanol–water partition coefficient (Wildman–Crippen LogP) is 4.40. The van der Waals surface area contributed by atoms with Crippen molar-refractivity contribution in [2.24, 2.45) is 0 Å². The maximum Gasteiger partial charge on any atom is 0.126 e. The number of rotatable bonds is 3. The van der Waals surface area contributed by atoms with Crippen LogP contribution in [0.3, 0.4) is 0 Å². The summed E-state index contributed by atoms with van der Waals surface area (Å²) >= 11 is 6.07. The van der Waals surface area contributed by atoms with E-state index in [9.17, 15) is 4.39 Å². The highest BCUT2D eigenvalue weighted by molar-refractivity contribution is 6.30. The lowest BCUT2D eigenvalue weighted by Gasteiger charge is -2.20. The molecule has 1 unspecified atom stereocenters. The Kier molecular flexibility index (Phi) is 4.23. The Hall–Kier alpha value is -1.38. The van der Waals surface area contributed by atoms with Gasteiger partial charge in [-0.2, -0.15) is 0 Å². The van der Waals surface area contributed by atoms with E-state index in [-0.39, 0.29) is 11.9 Å². The lowest BCUT2D eigenvalue weighted by molar-refractivity contribution is 0.613. The van der Waals surface area contributed by atoms with Crippen molar-refractivity contribution >= 4 is 11.6 Å². The van der Waals surface area contributed by atoms with Crippen molar-refractivity contribution in [1.29, 1.82) is 0 Å². The molecule has 2 aromatic carbocycles. The number of halogens is 2. The summed E-state index contributed by atoms with van der Waals surface area (Å²) in [5, 5.41) is 3.98. The first-order valence-corrected chi connectivity index (χ1v) is 6.60. The topological polar surface area (TPSA) is 12.0 Å². The normalized spacial score (nSPS) is 12.5. The molecule has 1 atom stereocenters. The van der Waals surface area contributed by atoms with Crippen molar-refractivity contribution < 1.29 is 4.39 Å². The van der Waals surface area contributed by atoms with Gasteiger partial charge in [0.05, 0.1) is 6.04 Å². The van der Waals surface area contributed by atoms with Crippen molar-refractivity contribution in [3.8, 4) is 0 Å². The van der Waals surface area contributed by atoms with Crippen LogP contribution >= 0.6 is 11.6 Å². The first-order chi connectivity index (χ1) is 9.02. The zero-order chi connectivity index (χ0) is 14.0. The monoisotopic (exact) mass is 277 g/mol. The highest BCUT2D eigenvalue weighted by Gasteiger charge is 2.15. The van der Waals surface area contributed by atoms with Crippen molar-refractivity contribution in [2.75, 3.05) is 7.05 Å². The minimum Gasteiger partial charge on any atom is -0.309 e. The number of aryl methyl sites for hydroxylation is 2. The highest BCUT2D eigenvalue weighted by Crippen LogP contribution is 2.28. The Morgan fingerprint density at radius 3 is 2.42 bits per heavy atom. The fourth-order valence-electron chi connectivity index (χ4n) is 2.27. The molecule has 2 rings (SSSR count). The van der Waals surface area contributed by atoms with Crippen molar-refractivity contribution in [3.63, 3.8) is 0 Å². The molecule has 1 N–H and O–H groups in total.